The van der Waals surface area contributed by atoms with Crippen LogP contribution in [0.25, 0.3) is 5.57 Å². The van der Waals surface area contributed by atoms with Crippen LogP contribution < -0.4 is 25.4 Å². The molecule has 336 valence electrons. The summed E-state index contributed by atoms with van der Waals surface area (Å²) in [4.78, 5) is 35.0. The zero-order valence-electron chi connectivity index (χ0n) is 35.0. The van der Waals surface area contributed by atoms with Crippen LogP contribution in [0.4, 0.5) is 31.7 Å². The first-order valence-corrected chi connectivity index (χ1v) is 22.9. The smallest absolute Gasteiger partial charge is 0.293 e. The van der Waals surface area contributed by atoms with Crippen LogP contribution in [-0.4, -0.2) is 105 Å². The Hall–Kier alpha value is -5.07. The second-order valence-electron chi connectivity index (χ2n) is 17.0. The minimum Gasteiger partial charge on any atom is -0.455 e. The summed E-state index contributed by atoms with van der Waals surface area (Å²) >= 11 is 12.5. The Balaban J connectivity index is 1.08. The zero-order valence-corrected chi connectivity index (χ0v) is 37.3. The van der Waals surface area contributed by atoms with E-state index in [2.05, 4.69) is 46.1 Å². The van der Waals surface area contributed by atoms with Gasteiger partial charge in [-0.1, -0.05) is 54.8 Å². The fraction of sp³-hybridized carbons (Fsp3) is 0.409. The van der Waals surface area contributed by atoms with E-state index in [1.165, 1.54) is 41.1 Å². The third-order valence-electron chi connectivity index (χ3n) is 12.0. The van der Waals surface area contributed by atoms with Crippen LogP contribution in [-0.2, 0) is 10.0 Å². The highest BCUT2D eigenvalue weighted by Gasteiger charge is 2.32. The SMILES string of the molecule is CC1(C)CCC(CN2CCN(c3ccc(C(=O)NS(=O)(=O)c4ccc(N[C@@H]5CCN(C(CF)CF)C5)c([N+](=O)[O-])c4)c(Oc4cnc(N)c(Cl)c4)c3)CC2)=C(c2ccc(Cl)cc2)C1. The first kappa shape index (κ1) is 45.9. The topological polar surface area (TPSA) is 176 Å². The fourth-order valence-electron chi connectivity index (χ4n) is 8.37. The molecule has 1 aliphatic carbocycles. The summed E-state index contributed by atoms with van der Waals surface area (Å²) in [5, 5.41) is 16.0. The molecule has 0 saturated carbocycles. The number of anilines is 3. The van der Waals surface area contributed by atoms with Gasteiger partial charge in [-0.15, -0.1) is 0 Å². The standard InChI is InChI=1S/C44H50Cl2F2N8O6S/c1-44(2)13-11-29(37(22-44)28-3-5-30(45)6-4-28)26-53-15-17-54(18-16-53)32-7-9-36(41(19-32)62-34-20-38(46)42(49)50-25-34)43(57)52-63(60,61)35-8-10-39(40(21-35)56(58)59)51-31-12-14-55(27-31)33(23-47)24-48/h3-10,19-21,25,31,33,51H,11-18,22-24,26-27H2,1-2H3,(H2,49,50)(H,52,57)/t31-/m1/s1. The van der Waals surface area contributed by atoms with Crippen molar-refractivity contribution in [1.82, 2.24) is 19.5 Å². The lowest BCUT2D eigenvalue weighted by molar-refractivity contribution is -0.384. The molecule has 2 fully saturated rings. The van der Waals surface area contributed by atoms with E-state index in [0.29, 0.717) is 31.1 Å². The van der Waals surface area contributed by atoms with Crippen molar-refractivity contribution in [2.75, 3.05) is 75.1 Å². The van der Waals surface area contributed by atoms with E-state index in [4.69, 9.17) is 33.7 Å². The Kier molecular flexibility index (Phi) is 14.1. The number of ether oxygens (including phenoxy) is 1. The quantitative estimate of drug-likeness (QED) is 0.0769. The number of nitrogens with one attached hydrogen (secondary N) is 2. The molecule has 2 saturated heterocycles. The summed E-state index contributed by atoms with van der Waals surface area (Å²) in [6.45, 7) is 7.25. The lowest BCUT2D eigenvalue weighted by Crippen LogP contribution is -2.47. The van der Waals surface area contributed by atoms with Gasteiger partial charge in [-0.3, -0.25) is 24.7 Å². The van der Waals surface area contributed by atoms with Crippen molar-refractivity contribution in [1.29, 1.82) is 0 Å². The van der Waals surface area contributed by atoms with E-state index in [-0.39, 0.29) is 51.6 Å². The largest absolute Gasteiger partial charge is 0.455 e. The molecule has 0 spiro atoms. The molecule has 7 rings (SSSR count). The van der Waals surface area contributed by atoms with E-state index >= 15 is 0 Å². The number of benzene rings is 3. The molecule has 0 unspecified atom stereocenters. The monoisotopic (exact) mass is 926 g/mol. The van der Waals surface area contributed by atoms with Gasteiger partial charge in [0.1, 0.15) is 36.4 Å². The van der Waals surface area contributed by atoms with Gasteiger partial charge in [-0.05, 0) is 78.6 Å². The minimum atomic E-state index is -4.67. The summed E-state index contributed by atoms with van der Waals surface area (Å²) in [7, 11) is -4.67. The average Bonchev–Trinajstić information content (AvgIpc) is 3.71. The summed E-state index contributed by atoms with van der Waals surface area (Å²) in [5.74, 6) is -0.841. The predicted octanol–water partition coefficient (Wildman–Crippen LogP) is 8.37. The van der Waals surface area contributed by atoms with E-state index in [0.717, 1.165) is 56.7 Å². The molecule has 1 amide bonds. The Bertz CT molecular complexity index is 2480. The molecule has 1 aromatic heterocycles. The molecule has 19 heteroatoms. The average molecular weight is 928 g/mol. The maximum absolute atomic E-state index is 13.9. The number of likely N-dealkylation sites (tertiary alicyclic amines) is 1. The van der Waals surface area contributed by atoms with Gasteiger partial charge in [-0.25, -0.2) is 26.9 Å². The van der Waals surface area contributed by atoms with Crippen molar-refractivity contribution in [2.45, 2.75) is 56.5 Å². The van der Waals surface area contributed by atoms with E-state index in [9.17, 15) is 32.1 Å². The number of hydrogen-bond acceptors (Lipinski definition) is 12. The second-order valence-corrected chi connectivity index (χ2v) is 19.5. The molecule has 4 N–H and O–H groups in total. The summed E-state index contributed by atoms with van der Waals surface area (Å²) in [6.07, 6.45) is 4.90. The number of nitrogens with two attached hydrogens (primary N) is 1. The molecular formula is C44H50Cl2F2N8O6S. The van der Waals surface area contributed by atoms with E-state index < -0.39 is 50.8 Å². The number of nitro benzene ring substituents is 1. The van der Waals surface area contributed by atoms with Crippen molar-refractivity contribution < 1.29 is 31.7 Å². The predicted molar refractivity (Wildman–Crippen MR) is 242 cm³/mol. The van der Waals surface area contributed by atoms with Crippen LogP contribution in [0.2, 0.25) is 10.0 Å². The van der Waals surface area contributed by atoms with Crippen molar-refractivity contribution in [3.05, 3.63) is 110 Å². The Morgan fingerprint density at radius 2 is 1.76 bits per heavy atom. The Labute approximate surface area is 375 Å². The van der Waals surface area contributed by atoms with Crippen molar-refractivity contribution in [3.63, 3.8) is 0 Å². The number of halogens is 4. The first-order valence-electron chi connectivity index (χ1n) is 20.7. The number of nitrogen functional groups attached to an aromatic ring is 1. The highest BCUT2D eigenvalue weighted by atomic mass is 35.5. The fourth-order valence-corrected chi connectivity index (χ4v) is 9.64. The third kappa shape index (κ3) is 11.0. The number of nitro groups is 1. The van der Waals surface area contributed by atoms with Gasteiger partial charge in [0.2, 0.25) is 0 Å². The second kappa shape index (κ2) is 19.4. The molecule has 1 atom stereocenters. The Morgan fingerprint density at radius 3 is 2.44 bits per heavy atom. The van der Waals surface area contributed by atoms with Crippen LogP contribution in [0.5, 0.6) is 11.5 Å². The number of sulfonamides is 1. The maximum atomic E-state index is 13.9. The third-order valence-corrected chi connectivity index (χ3v) is 13.9. The van der Waals surface area contributed by atoms with Crippen LogP contribution in [0.15, 0.2) is 83.4 Å². The van der Waals surface area contributed by atoms with Crippen molar-refractivity contribution in [3.8, 4) is 11.5 Å². The van der Waals surface area contributed by atoms with Gasteiger partial charge in [0.05, 0.1) is 32.6 Å². The highest BCUT2D eigenvalue weighted by Crippen LogP contribution is 2.43. The molecule has 14 nitrogen and oxygen atoms in total. The van der Waals surface area contributed by atoms with Crippen LogP contribution >= 0.6 is 23.2 Å². The van der Waals surface area contributed by atoms with E-state index in [1.807, 2.05) is 16.9 Å². The Morgan fingerprint density at radius 1 is 1.03 bits per heavy atom. The number of nitrogens with zero attached hydrogens (tertiary/aromatic N) is 5. The number of hydrogen-bond donors (Lipinski definition) is 3. The number of rotatable bonds is 15. The molecule has 3 aliphatic rings. The van der Waals surface area contributed by atoms with Crippen LogP contribution in [0.3, 0.4) is 0 Å². The number of aromatic nitrogens is 1. The molecule has 63 heavy (non-hydrogen) atoms. The van der Waals surface area contributed by atoms with Crippen LogP contribution in [0.1, 0.15) is 55.5 Å². The lowest BCUT2D eigenvalue weighted by atomic mass is 9.72. The molecule has 4 aromatic rings. The number of carbonyl (C=O) groups excluding carboxylic acids is 1. The molecule has 0 radical (unpaired) electrons. The zero-order chi connectivity index (χ0) is 45.1. The number of amides is 1. The summed E-state index contributed by atoms with van der Waals surface area (Å²) in [6, 6.07) is 16.2. The number of piperazine rings is 1. The van der Waals surface area contributed by atoms with Gasteiger partial charge in [0.15, 0.2) is 0 Å². The number of allylic oxidation sites excluding steroid dienone is 1. The molecule has 3 aromatic carbocycles. The van der Waals surface area contributed by atoms with Gasteiger partial charge in [-0.2, -0.15) is 0 Å². The van der Waals surface area contributed by atoms with Crippen molar-refractivity contribution >= 4 is 67.6 Å². The molecule has 0 bridgehead atoms. The van der Waals surface area contributed by atoms with Gasteiger partial charge < -0.3 is 20.7 Å². The molecule has 3 heterocycles. The van der Waals surface area contributed by atoms with Gasteiger partial charge >= 0.3 is 0 Å². The maximum Gasteiger partial charge on any atom is 0.293 e. The number of alkyl halides is 2. The lowest BCUT2D eigenvalue weighted by Gasteiger charge is -2.39. The number of pyridine rings is 1. The molecular weight excluding hydrogens is 878 g/mol. The first-order chi connectivity index (χ1) is 30.0. The van der Waals surface area contributed by atoms with E-state index in [1.54, 1.807) is 17.0 Å². The van der Waals surface area contributed by atoms with Gasteiger partial charge in [0.25, 0.3) is 21.6 Å². The highest BCUT2D eigenvalue weighted by molar-refractivity contribution is 7.90. The normalized spacial score (nSPS) is 18.5. The molecule has 2 aliphatic heterocycles. The number of carbonyl (C=O) groups is 1. The van der Waals surface area contributed by atoms with Gasteiger partial charge in [0, 0.05) is 80.8 Å². The summed E-state index contributed by atoms with van der Waals surface area (Å²) < 4.78 is 62.0. The van der Waals surface area contributed by atoms with Crippen molar-refractivity contribution in [2.24, 2.45) is 5.41 Å². The summed E-state index contributed by atoms with van der Waals surface area (Å²) in [5.41, 5.74) is 10.1. The van der Waals surface area contributed by atoms with Crippen LogP contribution in [0, 0.1) is 15.5 Å². The minimum absolute atomic E-state index is 0.00625.